The molecule has 0 saturated carbocycles. The molecule has 2 rings (SSSR count). The molecular weight excluding hydrogens is 278 g/mol. The van der Waals surface area contributed by atoms with E-state index in [0.29, 0.717) is 6.54 Å². The lowest BCUT2D eigenvalue weighted by Crippen LogP contribution is -2.24. The van der Waals surface area contributed by atoms with E-state index in [-0.39, 0.29) is 11.6 Å². The van der Waals surface area contributed by atoms with Crippen LogP contribution in [0.3, 0.4) is 0 Å². The third-order valence-corrected chi connectivity index (χ3v) is 4.41. The second-order valence-corrected chi connectivity index (χ2v) is 6.13. The van der Waals surface area contributed by atoms with Gasteiger partial charge in [0.2, 0.25) is 0 Å². The summed E-state index contributed by atoms with van der Waals surface area (Å²) in [5, 5.41) is 4.05. The van der Waals surface area contributed by atoms with Crippen molar-refractivity contribution < 1.29 is 8.42 Å². The van der Waals surface area contributed by atoms with E-state index >= 15 is 0 Å². The van der Waals surface area contributed by atoms with Gasteiger partial charge in [0, 0.05) is 37.6 Å². The van der Waals surface area contributed by atoms with Gasteiger partial charge in [-0.2, -0.15) is 5.10 Å². The maximum atomic E-state index is 12.1. The van der Waals surface area contributed by atoms with Crippen molar-refractivity contribution in [2.45, 2.75) is 25.0 Å². The lowest BCUT2D eigenvalue weighted by atomic mass is 10.3. The molecule has 2 aromatic rings. The summed E-state index contributed by atoms with van der Waals surface area (Å²) in [5.41, 5.74) is 7.98. The summed E-state index contributed by atoms with van der Waals surface area (Å²) in [5.74, 6) is 0. The third kappa shape index (κ3) is 3.03. The minimum absolute atomic E-state index is 0.0174. The topological polar surface area (TPSA) is 103 Å². The molecule has 0 aliphatic carbocycles. The van der Waals surface area contributed by atoms with Crippen LogP contribution in [0.25, 0.3) is 0 Å². The van der Waals surface area contributed by atoms with Gasteiger partial charge in [-0.25, -0.2) is 18.1 Å². The summed E-state index contributed by atoms with van der Waals surface area (Å²) in [6, 6.07) is 3.09. The van der Waals surface area contributed by atoms with Crippen LogP contribution in [0, 0.1) is 6.92 Å². The number of nitrogens with one attached hydrogen (secondary N) is 1. The number of sulfonamides is 1. The predicted octanol–water partition coefficient (Wildman–Crippen LogP) is 0.0607. The Morgan fingerprint density at radius 2 is 2.10 bits per heavy atom. The van der Waals surface area contributed by atoms with Crippen molar-refractivity contribution >= 4 is 10.0 Å². The highest BCUT2D eigenvalue weighted by Crippen LogP contribution is 2.09. The number of aromatic nitrogens is 3. The van der Waals surface area contributed by atoms with Crippen molar-refractivity contribution in [2.24, 2.45) is 12.8 Å². The fourth-order valence-electron chi connectivity index (χ4n) is 1.66. The van der Waals surface area contributed by atoms with E-state index in [1.807, 2.05) is 6.92 Å². The summed E-state index contributed by atoms with van der Waals surface area (Å²) in [7, 11) is -1.82. The number of aryl methyl sites for hydroxylation is 1. The van der Waals surface area contributed by atoms with Crippen LogP contribution in [-0.4, -0.2) is 23.2 Å². The van der Waals surface area contributed by atoms with Crippen LogP contribution in [0.15, 0.2) is 29.6 Å². The molecule has 0 amide bonds. The molecule has 2 aromatic heterocycles. The predicted molar refractivity (Wildman–Crippen MR) is 74.1 cm³/mol. The van der Waals surface area contributed by atoms with Gasteiger partial charge in [-0.1, -0.05) is 6.07 Å². The number of hydrogen-bond acceptors (Lipinski definition) is 5. The fourth-order valence-corrected chi connectivity index (χ4v) is 2.59. The molecular formula is C12H17N5O2S. The third-order valence-electron chi connectivity index (χ3n) is 3.10. The van der Waals surface area contributed by atoms with Crippen molar-refractivity contribution in [3.05, 3.63) is 41.3 Å². The molecule has 0 fully saturated rings. The van der Waals surface area contributed by atoms with Crippen LogP contribution in [0.2, 0.25) is 0 Å². The van der Waals surface area contributed by atoms with Crippen LogP contribution in [0.4, 0.5) is 0 Å². The second kappa shape index (κ2) is 5.70. The van der Waals surface area contributed by atoms with Gasteiger partial charge in [-0.3, -0.25) is 4.68 Å². The Hall–Kier alpha value is -1.77. The van der Waals surface area contributed by atoms with E-state index in [1.54, 1.807) is 24.0 Å². The molecule has 7 nitrogen and oxygen atoms in total. The smallest absolute Gasteiger partial charge is 0.258 e. The van der Waals surface area contributed by atoms with Gasteiger partial charge in [0.1, 0.15) is 0 Å². The minimum atomic E-state index is -3.63. The zero-order valence-corrected chi connectivity index (χ0v) is 12.2. The monoisotopic (exact) mass is 295 g/mol. The van der Waals surface area contributed by atoms with Crippen LogP contribution >= 0.6 is 0 Å². The van der Waals surface area contributed by atoms with Gasteiger partial charge in [-0.05, 0) is 18.6 Å². The van der Waals surface area contributed by atoms with E-state index in [2.05, 4.69) is 14.8 Å². The van der Waals surface area contributed by atoms with E-state index in [1.165, 1.54) is 12.3 Å². The molecule has 0 atom stereocenters. The molecule has 20 heavy (non-hydrogen) atoms. The number of nitrogens with two attached hydrogens (primary N) is 1. The Bertz CT molecular complexity index is 691. The largest absolute Gasteiger partial charge is 0.326 e. The van der Waals surface area contributed by atoms with E-state index in [9.17, 15) is 8.42 Å². The zero-order valence-electron chi connectivity index (χ0n) is 11.4. The normalized spacial score (nSPS) is 11.8. The van der Waals surface area contributed by atoms with E-state index in [0.717, 1.165) is 16.8 Å². The number of rotatable bonds is 5. The zero-order chi connectivity index (χ0) is 14.8. The van der Waals surface area contributed by atoms with E-state index < -0.39 is 10.0 Å². The first-order valence-corrected chi connectivity index (χ1v) is 7.54. The van der Waals surface area contributed by atoms with Gasteiger partial charge in [0.25, 0.3) is 10.0 Å². The number of pyridine rings is 1. The maximum absolute atomic E-state index is 12.1. The van der Waals surface area contributed by atoms with Gasteiger partial charge in [0.15, 0.2) is 5.03 Å². The molecule has 0 aliphatic heterocycles. The quantitative estimate of drug-likeness (QED) is 0.812. The lowest BCUT2D eigenvalue weighted by molar-refractivity contribution is 0.577. The Kier molecular flexibility index (Phi) is 4.17. The SMILES string of the molecule is Cc1c(CNS(=O)(=O)c2ccc(CN)cn2)cnn1C. The van der Waals surface area contributed by atoms with Crippen molar-refractivity contribution in [2.75, 3.05) is 0 Å². The lowest BCUT2D eigenvalue weighted by Gasteiger charge is -2.06. The summed E-state index contributed by atoms with van der Waals surface area (Å²) in [4.78, 5) is 3.91. The highest BCUT2D eigenvalue weighted by Gasteiger charge is 2.16. The summed E-state index contributed by atoms with van der Waals surface area (Å²) < 4.78 is 28.4. The molecule has 108 valence electrons. The molecule has 0 aliphatic rings. The van der Waals surface area contributed by atoms with Gasteiger partial charge >= 0.3 is 0 Å². The molecule has 2 heterocycles. The molecule has 0 spiro atoms. The highest BCUT2D eigenvalue weighted by molar-refractivity contribution is 7.89. The fraction of sp³-hybridized carbons (Fsp3) is 0.333. The van der Waals surface area contributed by atoms with Crippen LogP contribution in [0.5, 0.6) is 0 Å². The molecule has 0 aromatic carbocycles. The maximum Gasteiger partial charge on any atom is 0.258 e. The first-order valence-electron chi connectivity index (χ1n) is 6.06. The Morgan fingerprint density at radius 1 is 1.35 bits per heavy atom. The molecule has 8 heteroatoms. The molecule has 3 N–H and O–H groups in total. The van der Waals surface area contributed by atoms with Gasteiger partial charge < -0.3 is 5.73 Å². The summed E-state index contributed by atoms with van der Waals surface area (Å²) in [6.45, 7) is 2.39. The Morgan fingerprint density at radius 3 is 2.60 bits per heavy atom. The molecule has 0 bridgehead atoms. The van der Waals surface area contributed by atoms with Crippen molar-refractivity contribution in [3.63, 3.8) is 0 Å². The highest BCUT2D eigenvalue weighted by atomic mass is 32.2. The first-order chi connectivity index (χ1) is 9.44. The van der Waals surface area contributed by atoms with Crippen molar-refractivity contribution in [1.29, 1.82) is 0 Å². The second-order valence-electron chi connectivity index (χ2n) is 4.41. The van der Waals surface area contributed by atoms with Crippen LogP contribution in [-0.2, 0) is 30.2 Å². The number of hydrogen-bond donors (Lipinski definition) is 2. The first kappa shape index (κ1) is 14.6. The average Bonchev–Trinajstić information content (AvgIpc) is 2.77. The van der Waals surface area contributed by atoms with Crippen LogP contribution < -0.4 is 10.5 Å². The van der Waals surface area contributed by atoms with E-state index in [4.69, 9.17) is 5.73 Å². The van der Waals surface area contributed by atoms with Gasteiger partial charge in [0.05, 0.1) is 6.20 Å². The van der Waals surface area contributed by atoms with Gasteiger partial charge in [-0.15, -0.1) is 0 Å². The summed E-state index contributed by atoms with van der Waals surface area (Å²) >= 11 is 0. The van der Waals surface area contributed by atoms with Crippen molar-refractivity contribution in [3.8, 4) is 0 Å². The molecule has 0 saturated heterocycles. The molecule has 0 radical (unpaired) electrons. The number of nitrogens with zero attached hydrogens (tertiary/aromatic N) is 3. The van der Waals surface area contributed by atoms with Crippen molar-refractivity contribution in [1.82, 2.24) is 19.5 Å². The Balaban J connectivity index is 2.12. The summed E-state index contributed by atoms with van der Waals surface area (Å²) in [6.07, 6.45) is 3.10. The Labute approximate surface area is 117 Å². The molecule has 0 unspecified atom stereocenters. The standard InChI is InChI=1S/C12H17N5O2S/c1-9-11(7-15-17(9)2)8-16-20(18,19)12-4-3-10(5-13)6-14-12/h3-4,6-7,16H,5,8,13H2,1-2H3. The van der Waals surface area contributed by atoms with Crippen LogP contribution in [0.1, 0.15) is 16.8 Å². The average molecular weight is 295 g/mol. The minimum Gasteiger partial charge on any atom is -0.326 e.